The fraction of sp³-hybridized carbons (Fsp3) is 0.405. The van der Waals surface area contributed by atoms with E-state index in [-0.39, 0.29) is 76.8 Å². The summed E-state index contributed by atoms with van der Waals surface area (Å²) in [5.74, 6) is 0.00730. The summed E-state index contributed by atoms with van der Waals surface area (Å²) in [6, 6.07) is 45.0. The van der Waals surface area contributed by atoms with Crippen LogP contribution in [0.5, 0.6) is 28.7 Å². The van der Waals surface area contributed by atoms with Gasteiger partial charge in [0.2, 0.25) is 0 Å². The Kier molecular flexibility index (Phi) is 21.3. The number of fused-ring (bicyclic) bond motifs is 8. The van der Waals surface area contributed by atoms with Crippen LogP contribution >= 0.6 is 0 Å². The molecule has 7 aromatic rings. The van der Waals surface area contributed by atoms with E-state index in [1.165, 1.54) is 0 Å². The first-order valence-corrected chi connectivity index (χ1v) is 32.5. The van der Waals surface area contributed by atoms with Crippen LogP contribution in [-0.2, 0) is 80.7 Å². The number of anilines is 1. The molecular weight excluding hydrogens is 1170 g/mol. The molecule has 1 aliphatic carbocycles. The third-order valence-electron chi connectivity index (χ3n) is 16.7. The molecule has 93 heavy (non-hydrogen) atoms. The Bertz CT molecular complexity index is 3720. The van der Waals surface area contributed by atoms with Gasteiger partial charge in [-0.25, -0.2) is 19.2 Å². The molecule has 7 aromatic carbocycles. The molecule has 0 spiro atoms. The zero-order chi connectivity index (χ0) is 67.0. The Hall–Kier alpha value is -8.91. The fourth-order valence-electron chi connectivity index (χ4n) is 11.8. The lowest BCUT2D eigenvalue weighted by Crippen LogP contribution is -2.21. The number of esters is 4. The third kappa shape index (κ3) is 17.2. The van der Waals surface area contributed by atoms with Gasteiger partial charge in [-0.1, -0.05) is 180 Å². The topological polar surface area (TPSA) is 158 Å². The maximum absolute atomic E-state index is 14.5. The second-order valence-corrected chi connectivity index (χ2v) is 28.1. The van der Waals surface area contributed by atoms with Gasteiger partial charge in [0.15, 0.2) is 26.4 Å². The van der Waals surface area contributed by atoms with Gasteiger partial charge < -0.3 is 37.9 Å². The van der Waals surface area contributed by atoms with Crippen molar-refractivity contribution in [3.63, 3.8) is 0 Å². The molecule has 14 nitrogen and oxygen atoms in total. The van der Waals surface area contributed by atoms with Crippen LogP contribution in [0.2, 0.25) is 0 Å². The molecule has 490 valence electrons. The fourth-order valence-corrected chi connectivity index (χ4v) is 11.8. The normalized spacial score (nSPS) is 14.2. The lowest BCUT2D eigenvalue weighted by Gasteiger charge is -2.29. The molecular formula is C79H92N2O12. The smallest absolute Gasteiger partial charge is 0.349 e. The number of carbonyl (C=O) groups is 4. The molecule has 1 atom stereocenters. The average molecular weight is 1260 g/mol. The summed E-state index contributed by atoms with van der Waals surface area (Å²) in [6.45, 7) is 30.1. The summed E-state index contributed by atoms with van der Waals surface area (Å²) in [5.41, 5.74) is 12.4. The Morgan fingerprint density at radius 1 is 0.409 bits per heavy atom. The number of benzene rings is 7. The minimum absolute atomic E-state index is 0.00874. The lowest BCUT2D eigenvalue weighted by atomic mass is 9.79. The number of nitrogens with zero attached hydrogens (tertiary/aromatic N) is 2. The van der Waals surface area contributed by atoms with Crippen LogP contribution in [0.4, 0.5) is 5.69 Å². The Labute approximate surface area is 549 Å². The molecule has 0 saturated carbocycles. The molecule has 0 N–H and O–H groups in total. The second kappa shape index (κ2) is 28.9. The van der Waals surface area contributed by atoms with Gasteiger partial charge in [0.1, 0.15) is 28.7 Å². The summed E-state index contributed by atoms with van der Waals surface area (Å²) < 4.78 is 49.9. The highest BCUT2D eigenvalue weighted by molar-refractivity contribution is 6.03. The molecule has 0 amide bonds. The van der Waals surface area contributed by atoms with Crippen LogP contribution < -0.4 is 28.7 Å². The number of para-hydroxylation sites is 1. The van der Waals surface area contributed by atoms with Gasteiger partial charge in [0, 0.05) is 32.1 Å². The number of ether oxygens (including phenoxy) is 8. The van der Waals surface area contributed by atoms with E-state index in [1.54, 1.807) is 32.9 Å². The van der Waals surface area contributed by atoms with Crippen LogP contribution in [0.15, 0.2) is 139 Å². The Morgan fingerprint density at radius 3 is 1.01 bits per heavy atom. The average Bonchev–Trinajstić information content (AvgIpc) is 1.41. The molecule has 1 aliphatic heterocycles. The van der Waals surface area contributed by atoms with Crippen LogP contribution in [0.25, 0.3) is 0 Å². The van der Waals surface area contributed by atoms with Crippen molar-refractivity contribution >= 4 is 35.3 Å². The van der Waals surface area contributed by atoms with Crippen molar-refractivity contribution in [3.05, 3.63) is 211 Å². The Balaban J connectivity index is 1.22. The van der Waals surface area contributed by atoms with Crippen molar-refractivity contribution in [1.82, 2.24) is 0 Å². The predicted molar refractivity (Wildman–Crippen MR) is 365 cm³/mol. The van der Waals surface area contributed by atoms with Gasteiger partial charge in [-0.2, -0.15) is 5.10 Å². The molecule has 0 saturated heterocycles. The standard InChI is InChI=1S/C79H92N2O12/c1-16-86-68(82)46-89-72-52-33-54-39-61(77(7,8)9)41-56(73(54)90-47-69(83)87-17-2)35-58-43-63(79(13,14)15)44-59(36-57-42-62(78(10,11)12)40-55(74(57)91-48-70(84)88-18-3)34-53(72)38-60(37-52)76(4,5)6)75(58)92-49-71(85)93-65-31-29-50(30-32-65)66-45-67(51-25-21-19-22-26-51)81(80-66)64-27-23-20-24-28-64/h19-32,37-44,67H,16-18,33-36,45-49H2,1-15H3. The van der Waals surface area contributed by atoms with Gasteiger partial charge in [0.05, 0.1) is 37.3 Å². The van der Waals surface area contributed by atoms with E-state index in [1.807, 2.05) is 48.5 Å². The van der Waals surface area contributed by atoms with Gasteiger partial charge in [-0.15, -0.1) is 0 Å². The highest BCUT2D eigenvalue weighted by Crippen LogP contribution is 2.45. The van der Waals surface area contributed by atoms with Crippen molar-refractivity contribution in [2.24, 2.45) is 5.10 Å². The van der Waals surface area contributed by atoms with Crippen LogP contribution in [0, 0.1) is 0 Å². The Morgan fingerprint density at radius 2 is 0.710 bits per heavy atom. The number of rotatable bonds is 19. The van der Waals surface area contributed by atoms with E-state index in [0.717, 1.165) is 89.3 Å². The SMILES string of the molecule is CCOC(=O)COc1c2cc(C(C)(C)C)cc1Cc1cc(C(C)(C)C)cc(c1OCC(=O)OCC)Cc1cc(C(C)(C)C)cc(c1OCC(=O)Oc1ccc(C3=NN(c4ccccc4)C(c4ccccc4)C3)cc1)Cc1cc(C(C)(C)C)cc(c1OCC(=O)OCC)C2. The molecule has 2 aliphatic rings. The summed E-state index contributed by atoms with van der Waals surface area (Å²) in [7, 11) is 0. The van der Waals surface area contributed by atoms with E-state index in [9.17, 15) is 19.2 Å². The monoisotopic (exact) mass is 1260 g/mol. The summed E-state index contributed by atoms with van der Waals surface area (Å²) in [6.07, 6.45) is 1.58. The van der Waals surface area contributed by atoms with Crippen LogP contribution in [0.1, 0.15) is 194 Å². The van der Waals surface area contributed by atoms with E-state index in [0.29, 0.717) is 35.2 Å². The van der Waals surface area contributed by atoms with E-state index in [2.05, 4.69) is 161 Å². The molecule has 1 unspecified atom stereocenters. The number of hydrogen-bond acceptors (Lipinski definition) is 14. The first-order valence-electron chi connectivity index (χ1n) is 32.5. The molecule has 14 heteroatoms. The van der Waals surface area contributed by atoms with Crippen molar-refractivity contribution in [1.29, 1.82) is 0 Å². The maximum Gasteiger partial charge on any atom is 0.349 e. The van der Waals surface area contributed by atoms with Crippen molar-refractivity contribution in [3.8, 4) is 28.7 Å². The van der Waals surface area contributed by atoms with E-state index < -0.39 is 46.7 Å². The van der Waals surface area contributed by atoms with Crippen LogP contribution in [0.3, 0.4) is 0 Å². The zero-order valence-electron chi connectivity index (χ0n) is 57.1. The quantitative estimate of drug-likeness (QED) is 0.0428. The third-order valence-corrected chi connectivity index (χ3v) is 16.7. The number of carbonyl (C=O) groups excluding carboxylic acids is 4. The van der Waals surface area contributed by atoms with Crippen molar-refractivity contribution in [2.45, 2.75) is 164 Å². The van der Waals surface area contributed by atoms with E-state index >= 15 is 0 Å². The summed E-state index contributed by atoms with van der Waals surface area (Å²) in [5, 5.41) is 7.21. The van der Waals surface area contributed by atoms with Crippen molar-refractivity contribution in [2.75, 3.05) is 51.3 Å². The first-order chi connectivity index (χ1) is 44.1. The van der Waals surface area contributed by atoms with Gasteiger partial charge in [-0.3, -0.25) is 5.01 Å². The second-order valence-electron chi connectivity index (χ2n) is 28.1. The molecule has 9 rings (SSSR count). The lowest BCUT2D eigenvalue weighted by molar-refractivity contribution is -0.146. The zero-order valence-corrected chi connectivity index (χ0v) is 57.1. The number of hydrazone groups is 1. The molecule has 0 radical (unpaired) electrons. The van der Waals surface area contributed by atoms with Gasteiger partial charge in [-0.05, 0) is 157 Å². The molecule has 8 bridgehead atoms. The van der Waals surface area contributed by atoms with E-state index in [4.69, 9.17) is 43.0 Å². The van der Waals surface area contributed by atoms with Crippen LogP contribution in [-0.4, -0.2) is 75.8 Å². The largest absolute Gasteiger partial charge is 0.481 e. The van der Waals surface area contributed by atoms with Crippen molar-refractivity contribution < 1.29 is 57.1 Å². The molecule has 0 aromatic heterocycles. The summed E-state index contributed by atoms with van der Waals surface area (Å²) >= 11 is 0. The first kappa shape index (κ1) is 68.5. The summed E-state index contributed by atoms with van der Waals surface area (Å²) in [4.78, 5) is 54.8. The van der Waals surface area contributed by atoms with Gasteiger partial charge in [0.25, 0.3) is 0 Å². The minimum Gasteiger partial charge on any atom is -0.481 e. The predicted octanol–water partition coefficient (Wildman–Crippen LogP) is 15.7. The number of hydrogen-bond donors (Lipinski definition) is 0. The maximum atomic E-state index is 14.5. The highest BCUT2D eigenvalue weighted by Gasteiger charge is 2.33. The highest BCUT2D eigenvalue weighted by atomic mass is 16.6. The minimum atomic E-state index is -0.623. The molecule has 0 fully saturated rings. The molecule has 1 heterocycles. The van der Waals surface area contributed by atoms with Gasteiger partial charge >= 0.3 is 23.9 Å².